The molecule has 2 atom stereocenters. The molecule has 4 aromatic carbocycles. The third kappa shape index (κ3) is 6.47. The Bertz CT molecular complexity index is 1570. The van der Waals surface area contributed by atoms with Gasteiger partial charge in [0.15, 0.2) is 0 Å². The van der Waals surface area contributed by atoms with Crippen LogP contribution in [0.3, 0.4) is 0 Å². The minimum Gasteiger partial charge on any atom is -0.496 e. The summed E-state index contributed by atoms with van der Waals surface area (Å²) in [5, 5.41) is 5.08. The van der Waals surface area contributed by atoms with E-state index >= 15 is 0 Å². The summed E-state index contributed by atoms with van der Waals surface area (Å²) >= 11 is 12.2. The third-order valence-corrected chi connectivity index (χ3v) is 7.52. The summed E-state index contributed by atoms with van der Waals surface area (Å²) in [5.41, 5.74) is 1.43. The van der Waals surface area contributed by atoms with Crippen LogP contribution in [0.1, 0.15) is 34.9 Å². The van der Waals surface area contributed by atoms with Crippen LogP contribution >= 0.6 is 23.2 Å². The van der Waals surface area contributed by atoms with Crippen LogP contribution in [0, 0.1) is 5.92 Å². The Morgan fingerprint density at radius 3 is 2.29 bits per heavy atom. The number of carbonyl (C=O) groups is 3. The minimum absolute atomic E-state index is 0.170. The van der Waals surface area contributed by atoms with Gasteiger partial charge in [0.2, 0.25) is 6.10 Å². The molecule has 1 fully saturated rings. The van der Waals surface area contributed by atoms with E-state index in [1.54, 1.807) is 66.6 Å². The van der Waals surface area contributed by atoms with Crippen molar-refractivity contribution in [2.75, 3.05) is 25.5 Å². The molecular formula is C32H28Cl2N2O5. The number of nitrogens with one attached hydrogen (secondary N) is 1. The lowest BCUT2D eigenvalue weighted by molar-refractivity contribution is -0.160. The number of fused-ring (bicyclic) bond motifs is 1. The van der Waals surface area contributed by atoms with Gasteiger partial charge in [-0.2, -0.15) is 0 Å². The number of halogens is 2. The Morgan fingerprint density at radius 1 is 0.902 bits per heavy atom. The van der Waals surface area contributed by atoms with Gasteiger partial charge in [-0.25, -0.2) is 0 Å². The van der Waals surface area contributed by atoms with E-state index in [4.69, 9.17) is 32.7 Å². The fourth-order valence-corrected chi connectivity index (χ4v) is 5.63. The number of methoxy groups -OCH3 is 1. The van der Waals surface area contributed by atoms with Gasteiger partial charge in [-0.3, -0.25) is 14.4 Å². The van der Waals surface area contributed by atoms with Gasteiger partial charge in [-0.15, -0.1) is 0 Å². The van der Waals surface area contributed by atoms with Crippen LogP contribution in [-0.2, 0) is 14.3 Å². The van der Waals surface area contributed by atoms with Gasteiger partial charge in [-0.1, -0.05) is 77.8 Å². The molecule has 9 heteroatoms. The number of piperidine rings is 1. The van der Waals surface area contributed by atoms with Gasteiger partial charge in [0.1, 0.15) is 5.75 Å². The second kappa shape index (κ2) is 12.6. The van der Waals surface area contributed by atoms with E-state index in [1.165, 1.54) is 0 Å². The molecule has 0 radical (unpaired) electrons. The molecule has 41 heavy (non-hydrogen) atoms. The maximum absolute atomic E-state index is 13.6. The molecule has 7 nitrogen and oxygen atoms in total. The van der Waals surface area contributed by atoms with E-state index in [-0.39, 0.29) is 12.5 Å². The van der Waals surface area contributed by atoms with Crippen molar-refractivity contribution in [2.45, 2.75) is 18.9 Å². The van der Waals surface area contributed by atoms with Crippen LogP contribution in [0.2, 0.25) is 10.0 Å². The van der Waals surface area contributed by atoms with Crippen LogP contribution in [-0.4, -0.2) is 42.9 Å². The Morgan fingerprint density at radius 2 is 1.59 bits per heavy atom. The van der Waals surface area contributed by atoms with Crippen molar-refractivity contribution in [3.63, 3.8) is 0 Å². The fourth-order valence-electron chi connectivity index (χ4n) is 5.11. The molecule has 2 amide bonds. The number of carbonyl (C=O) groups excluding carboxylic acids is 3. The molecule has 0 saturated carbocycles. The molecule has 0 aliphatic carbocycles. The molecule has 0 spiro atoms. The monoisotopic (exact) mass is 590 g/mol. The largest absolute Gasteiger partial charge is 0.496 e. The molecule has 1 N–H and O–H groups in total. The highest BCUT2D eigenvalue weighted by molar-refractivity contribution is 6.35. The maximum Gasteiger partial charge on any atom is 0.311 e. The number of nitrogens with zero attached hydrogens (tertiary/aromatic N) is 1. The van der Waals surface area contributed by atoms with Crippen molar-refractivity contribution in [2.24, 2.45) is 5.92 Å². The van der Waals surface area contributed by atoms with Gasteiger partial charge in [0, 0.05) is 45.3 Å². The number of esters is 1. The molecule has 1 heterocycles. The summed E-state index contributed by atoms with van der Waals surface area (Å²) in [6.45, 7) is 0.701. The average Bonchev–Trinajstić information content (AvgIpc) is 2.98. The smallest absolute Gasteiger partial charge is 0.311 e. The summed E-state index contributed by atoms with van der Waals surface area (Å²) < 4.78 is 11.3. The quantitative estimate of drug-likeness (QED) is 0.236. The number of hydrogen-bond donors (Lipinski definition) is 1. The minimum atomic E-state index is -1.21. The number of amides is 2. The van der Waals surface area contributed by atoms with Gasteiger partial charge < -0.3 is 19.7 Å². The summed E-state index contributed by atoms with van der Waals surface area (Å²) in [6.07, 6.45) is -0.0417. The van der Waals surface area contributed by atoms with E-state index in [0.29, 0.717) is 52.0 Å². The lowest BCUT2D eigenvalue weighted by Gasteiger charge is -2.32. The van der Waals surface area contributed by atoms with Crippen LogP contribution in [0.15, 0.2) is 84.9 Å². The maximum atomic E-state index is 13.6. The normalized spacial score (nSPS) is 15.7. The Kier molecular flexibility index (Phi) is 8.76. The van der Waals surface area contributed by atoms with E-state index in [9.17, 15) is 14.4 Å². The van der Waals surface area contributed by atoms with Crippen LogP contribution in [0.5, 0.6) is 5.75 Å². The predicted octanol–water partition coefficient (Wildman–Crippen LogP) is 6.93. The third-order valence-electron chi connectivity index (χ3n) is 7.08. The summed E-state index contributed by atoms with van der Waals surface area (Å²) in [4.78, 5) is 42.1. The number of hydrogen-bond acceptors (Lipinski definition) is 5. The van der Waals surface area contributed by atoms with Crippen molar-refractivity contribution >= 4 is 57.4 Å². The first-order valence-electron chi connectivity index (χ1n) is 13.2. The first kappa shape index (κ1) is 28.5. The van der Waals surface area contributed by atoms with Gasteiger partial charge in [-0.05, 0) is 48.6 Å². The van der Waals surface area contributed by atoms with Crippen molar-refractivity contribution in [1.82, 2.24) is 4.90 Å². The highest BCUT2D eigenvalue weighted by atomic mass is 35.5. The molecular weight excluding hydrogens is 563 g/mol. The highest BCUT2D eigenvalue weighted by Gasteiger charge is 2.34. The SMILES string of the molecule is COc1ccc(C(=O)N2CCCC(C(=O)OC(C(=O)Nc3cc(Cl)cc(Cl)c3)c3ccccc3)C2)c2ccccc12. The van der Waals surface area contributed by atoms with E-state index in [2.05, 4.69) is 5.32 Å². The summed E-state index contributed by atoms with van der Waals surface area (Å²) in [7, 11) is 1.59. The molecule has 2 unspecified atom stereocenters. The number of anilines is 1. The Labute approximate surface area is 247 Å². The number of benzene rings is 4. The van der Waals surface area contributed by atoms with Crippen molar-refractivity contribution in [3.05, 3.63) is 106 Å². The summed E-state index contributed by atoms with van der Waals surface area (Å²) in [5.74, 6) is -1.16. The van der Waals surface area contributed by atoms with E-state index in [0.717, 1.165) is 10.8 Å². The number of rotatable bonds is 7. The van der Waals surface area contributed by atoms with E-state index in [1.807, 2.05) is 30.3 Å². The van der Waals surface area contributed by atoms with Crippen molar-refractivity contribution in [3.8, 4) is 5.75 Å². The predicted molar refractivity (Wildman–Crippen MR) is 159 cm³/mol. The van der Waals surface area contributed by atoms with Crippen molar-refractivity contribution in [1.29, 1.82) is 0 Å². The Hall–Kier alpha value is -4.07. The second-order valence-electron chi connectivity index (χ2n) is 9.83. The molecule has 1 aliphatic heterocycles. The zero-order valence-electron chi connectivity index (χ0n) is 22.3. The lowest BCUT2D eigenvalue weighted by atomic mass is 9.96. The van der Waals surface area contributed by atoms with Crippen LogP contribution < -0.4 is 10.1 Å². The highest BCUT2D eigenvalue weighted by Crippen LogP contribution is 2.31. The van der Waals surface area contributed by atoms with Crippen molar-refractivity contribution < 1.29 is 23.9 Å². The lowest BCUT2D eigenvalue weighted by Crippen LogP contribution is -2.43. The molecule has 210 valence electrons. The standard InChI is InChI=1S/C32H28Cl2N2O5/c1-40-28-14-13-27(25-11-5-6-12-26(25)28)31(38)36-15-7-10-21(19-36)32(39)41-29(20-8-3-2-4-9-20)30(37)35-24-17-22(33)16-23(34)18-24/h2-6,8-9,11-14,16-18,21,29H,7,10,15,19H2,1H3,(H,35,37). The Balaban J connectivity index is 1.34. The van der Waals surface area contributed by atoms with Crippen LogP contribution in [0.4, 0.5) is 5.69 Å². The molecule has 1 saturated heterocycles. The number of ether oxygens (including phenoxy) is 2. The fraction of sp³-hybridized carbons (Fsp3) is 0.219. The second-order valence-corrected chi connectivity index (χ2v) is 10.7. The zero-order valence-corrected chi connectivity index (χ0v) is 23.8. The van der Waals surface area contributed by atoms with Gasteiger partial charge in [0.25, 0.3) is 11.8 Å². The van der Waals surface area contributed by atoms with Gasteiger partial charge >= 0.3 is 5.97 Å². The first-order valence-corrected chi connectivity index (χ1v) is 14.0. The topological polar surface area (TPSA) is 84.9 Å². The average molecular weight is 591 g/mol. The molecule has 4 aromatic rings. The molecule has 0 aromatic heterocycles. The first-order chi connectivity index (χ1) is 19.8. The molecule has 0 bridgehead atoms. The van der Waals surface area contributed by atoms with Crippen LogP contribution in [0.25, 0.3) is 10.8 Å². The number of likely N-dealkylation sites (tertiary alicyclic amines) is 1. The zero-order chi connectivity index (χ0) is 28.9. The van der Waals surface area contributed by atoms with E-state index < -0.39 is 23.9 Å². The molecule has 5 rings (SSSR count). The molecule has 1 aliphatic rings. The summed E-state index contributed by atoms with van der Waals surface area (Å²) in [6, 6.07) is 24.5. The van der Waals surface area contributed by atoms with Gasteiger partial charge in [0.05, 0.1) is 13.0 Å².